The second-order valence-corrected chi connectivity index (χ2v) is 8.36. The molecule has 4 nitrogen and oxygen atoms in total. The number of nitrogens with two attached hydrogens (primary N) is 1. The van der Waals surface area contributed by atoms with Crippen molar-refractivity contribution in [3.63, 3.8) is 0 Å². The average molecular weight is 347 g/mol. The van der Waals surface area contributed by atoms with E-state index in [1.807, 2.05) is 37.3 Å². The summed E-state index contributed by atoms with van der Waals surface area (Å²) in [6.07, 6.45) is 0. The molecule has 6 heteroatoms. The van der Waals surface area contributed by atoms with E-state index in [1.165, 1.54) is 24.3 Å². The molecule has 1 aliphatic carbocycles. The Morgan fingerprint density at radius 1 is 1.13 bits per heavy atom. The van der Waals surface area contributed by atoms with Gasteiger partial charge in [0.2, 0.25) is 0 Å². The fourth-order valence-electron chi connectivity index (χ4n) is 2.94. The van der Waals surface area contributed by atoms with Crippen molar-refractivity contribution in [1.82, 2.24) is 0 Å². The van der Waals surface area contributed by atoms with Crippen LogP contribution in [0.4, 0.5) is 0 Å². The molecule has 0 aromatic heterocycles. The first kappa shape index (κ1) is 16.0. The van der Waals surface area contributed by atoms with Crippen molar-refractivity contribution < 1.29 is 8.42 Å². The van der Waals surface area contributed by atoms with Gasteiger partial charge in [0.1, 0.15) is 10.8 Å². The van der Waals surface area contributed by atoms with Gasteiger partial charge < -0.3 is 5.73 Å². The third-order valence-electron chi connectivity index (χ3n) is 4.29. The van der Waals surface area contributed by atoms with Gasteiger partial charge in [-0.3, -0.25) is 0 Å². The quantitative estimate of drug-likeness (QED) is 0.926. The van der Waals surface area contributed by atoms with E-state index in [4.69, 9.17) is 17.3 Å². The molecule has 2 aromatic rings. The monoisotopic (exact) mass is 346 g/mol. The molecule has 23 heavy (non-hydrogen) atoms. The molecule has 1 saturated carbocycles. The Kier molecular flexibility index (Phi) is 3.72. The number of hydrogen-bond donors (Lipinski definition) is 1. The molecule has 1 fully saturated rings. The molecule has 0 unspecified atom stereocenters. The first-order valence-corrected chi connectivity index (χ1v) is 8.99. The fraction of sp³-hybridized carbons (Fsp3) is 0.235. The predicted octanol–water partition coefficient (Wildman–Crippen LogP) is 2.81. The van der Waals surface area contributed by atoms with Crippen LogP contribution in [0.3, 0.4) is 0 Å². The van der Waals surface area contributed by atoms with Crippen LogP contribution in [0.15, 0.2) is 53.4 Å². The van der Waals surface area contributed by atoms with Crippen LogP contribution in [0.25, 0.3) is 0 Å². The number of rotatable bonds is 3. The number of halogens is 1. The number of hydrogen-bond acceptors (Lipinski definition) is 4. The maximum Gasteiger partial charge on any atom is 0.184 e. The first-order chi connectivity index (χ1) is 10.8. The number of nitrogens with zero attached hydrogens (tertiary/aromatic N) is 1. The van der Waals surface area contributed by atoms with Crippen LogP contribution >= 0.6 is 11.6 Å². The van der Waals surface area contributed by atoms with Crippen molar-refractivity contribution in [2.24, 2.45) is 5.73 Å². The van der Waals surface area contributed by atoms with Gasteiger partial charge in [-0.2, -0.15) is 5.26 Å². The summed E-state index contributed by atoms with van der Waals surface area (Å²) in [5, 5.41) is 8.91. The lowest BCUT2D eigenvalue weighted by molar-refractivity contribution is 0.592. The molecule has 1 aliphatic rings. The molecule has 0 bridgehead atoms. The summed E-state index contributed by atoms with van der Waals surface area (Å²) >= 11 is 5.81. The maximum absolute atomic E-state index is 12.9. The summed E-state index contributed by atoms with van der Waals surface area (Å²) in [4.78, 5) is 0.131. The molecule has 0 amide bonds. The van der Waals surface area contributed by atoms with Crippen LogP contribution in [-0.2, 0) is 9.84 Å². The zero-order chi connectivity index (χ0) is 16.8. The van der Waals surface area contributed by atoms with Crippen molar-refractivity contribution in [1.29, 1.82) is 5.26 Å². The molecule has 2 N–H and O–H groups in total. The van der Waals surface area contributed by atoms with Gasteiger partial charge in [-0.1, -0.05) is 41.4 Å². The van der Waals surface area contributed by atoms with E-state index in [9.17, 15) is 13.7 Å². The van der Waals surface area contributed by atoms with E-state index in [0.29, 0.717) is 5.02 Å². The Morgan fingerprint density at radius 2 is 1.70 bits per heavy atom. The number of nitriles is 1. The van der Waals surface area contributed by atoms with Crippen molar-refractivity contribution >= 4 is 21.4 Å². The molecule has 0 radical (unpaired) electrons. The Hall–Kier alpha value is -1.87. The minimum absolute atomic E-state index is 0.131. The van der Waals surface area contributed by atoms with Gasteiger partial charge in [0.15, 0.2) is 9.84 Å². The smallest absolute Gasteiger partial charge is 0.184 e. The van der Waals surface area contributed by atoms with E-state index >= 15 is 0 Å². The Morgan fingerprint density at radius 3 is 2.22 bits per heavy atom. The molecule has 3 atom stereocenters. The van der Waals surface area contributed by atoms with E-state index in [2.05, 4.69) is 0 Å². The highest BCUT2D eigenvalue weighted by Gasteiger charge is 2.70. The number of sulfone groups is 1. The van der Waals surface area contributed by atoms with Gasteiger partial charge in [-0.15, -0.1) is 0 Å². The summed E-state index contributed by atoms with van der Waals surface area (Å²) < 4.78 is 25.7. The van der Waals surface area contributed by atoms with Crippen molar-refractivity contribution in [3.05, 3.63) is 64.7 Å². The van der Waals surface area contributed by atoms with Crippen LogP contribution in [0.5, 0.6) is 0 Å². The minimum atomic E-state index is -3.72. The van der Waals surface area contributed by atoms with Gasteiger partial charge in [-0.25, -0.2) is 8.42 Å². The van der Waals surface area contributed by atoms with Crippen LogP contribution in [-0.4, -0.2) is 19.2 Å². The van der Waals surface area contributed by atoms with E-state index in [-0.39, 0.29) is 4.90 Å². The predicted molar refractivity (Wildman–Crippen MR) is 88.9 cm³/mol. The summed E-state index contributed by atoms with van der Waals surface area (Å²) in [6.45, 7) is 1.94. The average Bonchev–Trinajstić information content (AvgIpc) is 3.16. The molecule has 0 spiro atoms. The summed E-state index contributed by atoms with van der Waals surface area (Å²) in [7, 11) is -3.72. The maximum atomic E-state index is 12.9. The van der Waals surface area contributed by atoms with Crippen molar-refractivity contribution in [3.8, 4) is 6.07 Å². The lowest BCUT2D eigenvalue weighted by atomic mass is 10.1. The minimum Gasteiger partial charge on any atom is -0.312 e. The van der Waals surface area contributed by atoms with Crippen molar-refractivity contribution in [2.45, 2.75) is 28.5 Å². The Balaban J connectivity index is 2.03. The summed E-state index contributed by atoms with van der Waals surface area (Å²) in [6, 6.07) is 15.3. The third kappa shape index (κ3) is 2.53. The van der Waals surface area contributed by atoms with Crippen LogP contribution < -0.4 is 5.73 Å². The topological polar surface area (TPSA) is 83.9 Å². The zero-order valence-corrected chi connectivity index (χ0v) is 14.0. The summed E-state index contributed by atoms with van der Waals surface area (Å²) in [5.74, 6) is -0.534. The normalized spacial score (nSPS) is 26.5. The molecular formula is C17H15ClN2O2S. The van der Waals surface area contributed by atoms with Gasteiger partial charge >= 0.3 is 0 Å². The van der Waals surface area contributed by atoms with Gasteiger partial charge in [0.25, 0.3) is 0 Å². The van der Waals surface area contributed by atoms with Gasteiger partial charge in [0, 0.05) is 10.9 Å². The third-order valence-corrected chi connectivity index (χ3v) is 6.80. The highest BCUT2D eigenvalue weighted by molar-refractivity contribution is 7.92. The van der Waals surface area contributed by atoms with Crippen LogP contribution in [0.1, 0.15) is 17.0 Å². The second-order valence-electron chi connectivity index (χ2n) is 5.85. The standard InChI is InChI=1S/C17H15ClN2O2S/c1-11-2-4-12(5-3-11)15-16(17(15,20)10-19)23(21,22)14-8-6-13(18)7-9-14/h2-9,15-16H,20H2,1H3/t15-,16+,17+/m0/s1. The van der Waals surface area contributed by atoms with E-state index < -0.39 is 26.5 Å². The SMILES string of the molecule is Cc1ccc([C@H]2[C@@H](S(=O)(=O)c3ccc(Cl)cc3)[C@@]2(N)C#N)cc1. The molecule has 118 valence electrons. The Bertz CT molecular complexity index is 886. The van der Waals surface area contributed by atoms with Gasteiger partial charge in [0.05, 0.1) is 11.0 Å². The van der Waals surface area contributed by atoms with E-state index in [0.717, 1.165) is 11.1 Å². The number of benzene rings is 2. The molecule has 0 aliphatic heterocycles. The highest BCUT2D eigenvalue weighted by atomic mass is 35.5. The second kappa shape index (κ2) is 5.34. The lowest BCUT2D eigenvalue weighted by Crippen LogP contribution is -2.29. The molecule has 0 saturated heterocycles. The first-order valence-electron chi connectivity index (χ1n) is 7.07. The lowest BCUT2D eigenvalue weighted by Gasteiger charge is -2.04. The van der Waals surface area contributed by atoms with Gasteiger partial charge in [-0.05, 0) is 36.8 Å². The molecule has 0 heterocycles. The van der Waals surface area contributed by atoms with Crippen LogP contribution in [0, 0.1) is 18.3 Å². The number of aryl methyl sites for hydroxylation is 1. The van der Waals surface area contributed by atoms with Crippen molar-refractivity contribution in [2.75, 3.05) is 0 Å². The fourth-order valence-corrected chi connectivity index (χ4v) is 5.25. The highest BCUT2D eigenvalue weighted by Crippen LogP contribution is 2.55. The zero-order valence-electron chi connectivity index (χ0n) is 12.4. The molecule has 3 rings (SSSR count). The largest absolute Gasteiger partial charge is 0.312 e. The summed E-state index contributed by atoms with van der Waals surface area (Å²) in [5.41, 5.74) is 6.51. The van der Waals surface area contributed by atoms with Crippen LogP contribution in [0.2, 0.25) is 5.02 Å². The Labute approximate surface area is 140 Å². The van der Waals surface area contributed by atoms with E-state index in [1.54, 1.807) is 0 Å². The molecular weight excluding hydrogens is 332 g/mol. The molecule has 2 aromatic carbocycles.